The molecule has 2 unspecified atom stereocenters. The van der Waals surface area contributed by atoms with Crippen LogP contribution in [0.3, 0.4) is 0 Å². The monoisotopic (exact) mass is 436 g/mol. The standard InChI is InChI=1S/C20H23F3N6O2/c1-11(12-6-13(20(21,22)23)8-14(24)7-12)27-18-17-15(25-10-26-18)9-16(28-17)19(30)29-2-4-31-5-3-29/h6-11,15,17,28H,2-5,24H2,1H3,(H,25,26,27)/t11-,15?,17?/m1/s1. The number of nitrogens with two attached hydrogens (primary N) is 1. The molecule has 166 valence electrons. The zero-order chi connectivity index (χ0) is 22.2. The number of hydrogen-bond acceptors (Lipinski definition) is 6. The maximum absolute atomic E-state index is 13.1. The van der Waals surface area contributed by atoms with Crippen molar-refractivity contribution in [2.24, 2.45) is 9.98 Å². The second kappa shape index (κ2) is 8.22. The number of rotatable bonds is 3. The second-order valence-electron chi connectivity index (χ2n) is 7.60. The van der Waals surface area contributed by atoms with Crippen LogP contribution in [0, 0.1) is 0 Å². The summed E-state index contributed by atoms with van der Waals surface area (Å²) >= 11 is 0. The molecule has 4 rings (SSSR count). The molecule has 0 saturated carbocycles. The number of hydrogen-bond donors (Lipinski definition) is 3. The minimum Gasteiger partial charge on any atom is -0.399 e. The van der Waals surface area contributed by atoms with Crippen LogP contribution in [0.2, 0.25) is 0 Å². The first-order valence-corrected chi connectivity index (χ1v) is 9.91. The molecule has 0 spiro atoms. The Labute approximate surface area is 177 Å². The Kier molecular flexibility index (Phi) is 5.61. The van der Waals surface area contributed by atoms with E-state index in [1.807, 2.05) is 0 Å². The van der Waals surface area contributed by atoms with E-state index >= 15 is 0 Å². The number of amides is 1. The van der Waals surface area contributed by atoms with E-state index in [0.29, 0.717) is 43.4 Å². The summed E-state index contributed by atoms with van der Waals surface area (Å²) in [5.74, 6) is 0.357. The number of anilines is 1. The largest absolute Gasteiger partial charge is 0.416 e. The number of morpholine rings is 1. The average Bonchev–Trinajstić information content (AvgIpc) is 3.18. The summed E-state index contributed by atoms with van der Waals surface area (Å²) < 4.78 is 44.7. The lowest BCUT2D eigenvalue weighted by Crippen LogP contribution is -2.51. The first-order chi connectivity index (χ1) is 14.7. The van der Waals surface area contributed by atoms with Crippen LogP contribution < -0.4 is 16.4 Å². The molecule has 11 heteroatoms. The lowest BCUT2D eigenvalue weighted by molar-refractivity contribution is -0.137. The molecule has 1 aromatic rings. The Morgan fingerprint density at radius 2 is 2.06 bits per heavy atom. The molecule has 0 aliphatic carbocycles. The Morgan fingerprint density at radius 3 is 2.77 bits per heavy atom. The van der Waals surface area contributed by atoms with Gasteiger partial charge >= 0.3 is 6.18 Å². The molecule has 0 bridgehead atoms. The molecule has 1 fully saturated rings. The Morgan fingerprint density at radius 1 is 1.32 bits per heavy atom. The van der Waals surface area contributed by atoms with Crippen molar-refractivity contribution in [2.75, 3.05) is 32.0 Å². The predicted octanol–water partition coefficient (Wildman–Crippen LogP) is 1.46. The fraction of sp³-hybridized carbons (Fsp3) is 0.450. The molecule has 3 heterocycles. The number of aliphatic imine (C=N–C) groups is 2. The highest BCUT2D eigenvalue weighted by Crippen LogP contribution is 2.33. The summed E-state index contributed by atoms with van der Waals surface area (Å²) in [5, 5.41) is 6.12. The van der Waals surface area contributed by atoms with Crippen molar-refractivity contribution in [3.8, 4) is 0 Å². The third kappa shape index (κ3) is 4.50. The molecule has 4 N–H and O–H groups in total. The average molecular weight is 436 g/mol. The third-order valence-electron chi connectivity index (χ3n) is 5.39. The first-order valence-electron chi connectivity index (χ1n) is 9.91. The fourth-order valence-corrected chi connectivity index (χ4v) is 3.76. The van der Waals surface area contributed by atoms with Crippen molar-refractivity contribution in [2.45, 2.75) is 31.2 Å². The SMILES string of the molecule is C[C@@H](N=C1NC=NC2C=C(C(=O)N3CCOCC3)NC12)c1cc(N)cc(C(F)(F)F)c1. The molecule has 3 aliphatic heterocycles. The van der Waals surface area contributed by atoms with Crippen LogP contribution in [-0.2, 0) is 15.7 Å². The molecule has 8 nitrogen and oxygen atoms in total. The molecule has 3 atom stereocenters. The highest BCUT2D eigenvalue weighted by atomic mass is 19.4. The number of fused-ring (bicyclic) bond motifs is 1. The van der Waals surface area contributed by atoms with E-state index in [1.165, 1.54) is 12.4 Å². The van der Waals surface area contributed by atoms with Gasteiger partial charge in [0.15, 0.2) is 0 Å². The number of nitrogens with one attached hydrogen (secondary N) is 2. The van der Waals surface area contributed by atoms with Crippen LogP contribution in [0.1, 0.15) is 24.1 Å². The maximum Gasteiger partial charge on any atom is 0.416 e. The minimum absolute atomic E-state index is 0.0203. The van der Waals surface area contributed by atoms with Gasteiger partial charge in [0, 0.05) is 18.8 Å². The van der Waals surface area contributed by atoms with Crippen LogP contribution in [0.15, 0.2) is 40.0 Å². The van der Waals surface area contributed by atoms with Crippen LogP contribution in [0.5, 0.6) is 0 Å². The van der Waals surface area contributed by atoms with Crippen LogP contribution in [0.25, 0.3) is 0 Å². The summed E-state index contributed by atoms with van der Waals surface area (Å²) in [6, 6.07) is 2.09. The van der Waals surface area contributed by atoms with Crippen LogP contribution >= 0.6 is 0 Å². The Balaban J connectivity index is 1.53. The lowest BCUT2D eigenvalue weighted by atomic mass is 10.0. The molecule has 1 aromatic carbocycles. The lowest BCUT2D eigenvalue weighted by Gasteiger charge is -2.28. The van der Waals surface area contributed by atoms with Gasteiger partial charge in [-0.2, -0.15) is 13.2 Å². The number of halogens is 3. The number of alkyl halides is 3. The van der Waals surface area contributed by atoms with E-state index in [-0.39, 0.29) is 17.6 Å². The van der Waals surface area contributed by atoms with Gasteiger partial charge < -0.3 is 26.0 Å². The first kappa shape index (κ1) is 21.2. The molecular formula is C20H23F3N6O2. The number of nitrogens with zero attached hydrogens (tertiary/aromatic N) is 3. The fourth-order valence-electron chi connectivity index (χ4n) is 3.76. The van der Waals surface area contributed by atoms with Gasteiger partial charge in [0.2, 0.25) is 0 Å². The number of nitrogen functional groups attached to an aromatic ring is 1. The van der Waals surface area contributed by atoms with Crippen molar-refractivity contribution in [1.29, 1.82) is 0 Å². The molecule has 3 aliphatic rings. The van der Waals surface area contributed by atoms with E-state index in [9.17, 15) is 18.0 Å². The summed E-state index contributed by atoms with van der Waals surface area (Å²) in [6.07, 6.45) is -1.26. The maximum atomic E-state index is 13.1. The molecule has 1 saturated heterocycles. The zero-order valence-electron chi connectivity index (χ0n) is 16.8. The molecular weight excluding hydrogens is 413 g/mol. The quantitative estimate of drug-likeness (QED) is 0.623. The van der Waals surface area contributed by atoms with Crippen molar-refractivity contribution < 1.29 is 22.7 Å². The number of carbonyl (C=O) groups excluding carboxylic acids is 1. The summed E-state index contributed by atoms with van der Waals surface area (Å²) in [7, 11) is 0. The summed E-state index contributed by atoms with van der Waals surface area (Å²) in [6.45, 7) is 3.71. The smallest absolute Gasteiger partial charge is 0.399 e. The van der Waals surface area contributed by atoms with Gasteiger partial charge in [-0.05, 0) is 36.8 Å². The van der Waals surface area contributed by atoms with E-state index in [2.05, 4.69) is 20.6 Å². The third-order valence-corrected chi connectivity index (χ3v) is 5.39. The summed E-state index contributed by atoms with van der Waals surface area (Å²) in [4.78, 5) is 23.4. The normalized spacial score (nSPS) is 25.5. The number of carbonyl (C=O) groups is 1. The van der Waals surface area contributed by atoms with Gasteiger partial charge in [-0.15, -0.1) is 0 Å². The van der Waals surface area contributed by atoms with Crippen LogP contribution in [-0.4, -0.2) is 61.4 Å². The predicted molar refractivity (Wildman–Crippen MR) is 110 cm³/mol. The molecule has 31 heavy (non-hydrogen) atoms. The topological polar surface area (TPSA) is 104 Å². The van der Waals surface area contributed by atoms with Crippen molar-refractivity contribution >= 4 is 23.8 Å². The van der Waals surface area contributed by atoms with E-state index in [0.717, 1.165) is 12.1 Å². The summed E-state index contributed by atoms with van der Waals surface area (Å²) in [5.41, 5.74) is 5.66. The second-order valence-corrected chi connectivity index (χ2v) is 7.60. The van der Waals surface area contributed by atoms with E-state index < -0.39 is 23.8 Å². The van der Waals surface area contributed by atoms with Gasteiger partial charge in [-0.25, -0.2) is 0 Å². The van der Waals surface area contributed by atoms with E-state index in [1.54, 1.807) is 17.9 Å². The zero-order valence-corrected chi connectivity index (χ0v) is 16.8. The highest BCUT2D eigenvalue weighted by molar-refractivity contribution is 6.02. The van der Waals surface area contributed by atoms with Gasteiger partial charge in [-0.3, -0.25) is 14.8 Å². The minimum atomic E-state index is -4.50. The van der Waals surface area contributed by atoms with Gasteiger partial charge in [0.05, 0.1) is 42.9 Å². The number of amidine groups is 1. The molecule has 0 aromatic heterocycles. The van der Waals surface area contributed by atoms with Crippen molar-refractivity contribution in [3.63, 3.8) is 0 Å². The van der Waals surface area contributed by atoms with Gasteiger partial charge in [0.1, 0.15) is 11.9 Å². The van der Waals surface area contributed by atoms with Gasteiger partial charge in [0.25, 0.3) is 5.91 Å². The number of benzene rings is 1. The molecule has 0 radical (unpaired) electrons. The Hall–Kier alpha value is -3.08. The van der Waals surface area contributed by atoms with Gasteiger partial charge in [-0.1, -0.05) is 0 Å². The Bertz CT molecular complexity index is 953. The van der Waals surface area contributed by atoms with E-state index in [4.69, 9.17) is 10.5 Å². The van der Waals surface area contributed by atoms with Crippen molar-refractivity contribution in [1.82, 2.24) is 15.5 Å². The van der Waals surface area contributed by atoms with Crippen molar-refractivity contribution in [3.05, 3.63) is 41.1 Å². The molecule has 1 amide bonds. The highest BCUT2D eigenvalue weighted by Gasteiger charge is 2.37. The number of ether oxygens (including phenoxy) is 1. The van der Waals surface area contributed by atoms with Crippen LogP contribution in [0.4, 0.5) is 18.9 Å².